The second-order valence-corrected chi connectivity index (χ2v) is 14.9. The highest BCUT2D eigenvalue weighted by molar-refractivity contribution is 6.14. The number of piperidine rings is 1. The lowest BCUT2D eigenvalue weighted by Crippen LogP contribution is -2.58. The van der Waals surface area contributed by atoms with Gasteiger partial charge in [0.1, 0.15) is 24.4 Å². The third-order valence-electron chi connectivity index (χ3n) is 10.6. The Morgan fingerprint density at radius 3 is 2.51 bits per heavy atom. The Balaban J connectivity index is 1.17. The average molecular weight is 750 g/mol. The van der Waals surface area contributed by atoms with Crippen LogP contribution in [0.1, 0.15) is 103 Å². The number of likely N-dealkylation sites (tertiary alicyclic amines) is 1. The normalized spacial score (nSPS) is 22.2. The van der Waals surface area contributed by atoms with Crippen LogP contribution in [0.3, 0.4) is 0 Å². The molecule has 286 valence electrons. The summed E-state index contributed by atoms with van der Waals surface area (Å²) in [5.41, 5.74) is 3.04. The first-order valence-electron chi connectivity index (χ1n) is 18.8. The van der Waals surface area contributed by atoms with Gasteiger partial charge < -0.3 is 36.3 Å². The molecule has 0 radical (unpaired) electrons. The summed E-state index contributed by atoms with van der Waals surface area (Å²) in [6.07, 6.45) is 7.59. The minimum Gasteiger partial charge on any atom is -0.352 e. The summed E-state index contributed by atoms with van der Waals surface area (Å²) in [6, 6.07) is 11.8. The number of aldehydes is 1. The van der Waals surface area contributed by atoms with E-state index in [1.165, 1.54) is 16.0 Å². The Bertz CT molecular complexity index is 1640. The third-order valence-corrected chi connectivity index (χ3v) is 10.9. The van der Waals surface area contributed by atoms with E-state index >= 15 is 0 Å². The topological polar surface area (TPSA) is 169 Å². The van der Waals surface area contributed by atoms with E-state index < -0.39 is 24.0 Å². The van der Waals surface area contributed by atoms with E-state index in [1.54, 1.807) is 37.1 Å². The van der Waals surface area contributed by atoms with Crippen molar-refractivity contribution < 1.29 is 28.8 Å². The predicted octanol–water partition coefficient (Wildman–Crippen LogP) is 2.78. The molecule has 2 saturated heterocycles. The molecule has 2 aromatic rings. The largest absolute Gasteiger partial charge is 0.352 e. The summed E-state index contributed by atoms with van der Waals surface area (Å²) in [6.45, 7) is 2.87. The number of benzene rings is 2. The monoisotopic (exact) mass is 749 g/mol. The fraction of sp³-hybridized carbons (Fsp3) is 0.538. The maximum Gasteiger partial charge on any atom is 0.251 e. The summed E-state index contributed by atoms with van der Waals surface area (Å²) < 4.78 is 1.25. The van der Waals surface area contributed by atoms with Gasteiger partial charge in [0.05, 0.1) is 12.1 Å². The van der Waals surface area contributed by atoms with Crippen molar-refractivity contribution in [1.82, 2.24) is 35.9 Å². The van der Waals surface area contributed by atoms with E-state index in [-0.39, 0.29) is 41.8 Å². The molecule has 2 fully saturated rings. The molecule has 5 rings (SSSR count). The number of aryl methyl sites for hydroxylation is 1. The summed E-state index contributed by atoms with van der Waals surface area (Å²) in [4.78, 5) is 79.5. The second-order valence-electron chi connectivity index (χ2n) is 14.3. The third kappa shape index (κ3) is 10.6. The van der Waals surface area contributed by atoms with Gasteiger partial charge in [0.2, 0.25) is 17.7 Å². The number of likely N-dealkylation sites (N-methyl/N-ethyl adjacent to an activating group) is 1. The number of carbonyl (C=O) groups excluding carboxylic acids is 6. The Kier molecular flexibility index (Phi) is 14.4. The Morgan fingerprint density at radius 2 is 1.75 bits per heavy atom. The minimum atomic E-state index is -0.881. The zero-order chi connectivity index (χ0) is 37.9. The lowest BCUT2D eigenvalue weighted by Gasteiger charge is -2.38. The van der Waals surface area contributed by atoms with E-state index in [4.69, 9.17) is 11.8 Å². The second kappa shape index (κ2) is 19.1. The van der Waals surface area contributed by atoms with Crippen LogP contribution >= 0.6 is 11.8 Å². The number of hydrogen-bond donors (Lipinski definition) is 5. The molecular formula is C39H52ClN7O6. The van der Waals surface area contributed by atoms with Gasteiger partial charge in [0.15, 0.2) is 0 Å². The molecule has 53 heavy (non-hydrogen) atoms. The fourth-order valence-corrected chi connectivity index (χ4v) is 7.47. The fourth-order valence-electron chi connectivity index (χ4n) is 7.38. The van der Waals surface area contributed by atoms with Crippen LogP contribution < -0.4 is 26.6 Å². The van der Waals surface area contributed by atoms with Crippen LogP contribution in [-0.4, -0.2) is 102 Å². The van der Waals surface area contributed by atoms with Crippen LogP contribution in [0.5, 0.6) is 0 Å². The number of hydrogen-bond acceptors (Lipinski definition) is 8. The van der Waals surface area contributed by atoms with Crippen LogP contribution in [0.2, 0.25) is 0 Å². The van der Waals surface area contributed by atoms with Crippen molar-refractivity contribution in [3.63, 3.8) is 0 Å². The Morgan fingerprint density at radius 1 is 0.981 bits per heavy atom. The van der Waals surface area contributed by atoms with Gasteiger partial charge in [-0.05, 0) is 112 Å². The van der Waals surface area contributed by atoms with E-state index in [2.05, 4.69) is 38.7 Å². The lowest BCUT2D eigenvalue weighted by atomic mass is 9.87. The zero-order valence-corrected chi connectivity index (χ0v) is 31.3. The Hall–Kier alpha value is -4.33. The maximum atomic E-state index is 14.2. The van der Waals surface area contributed by atoms with E-state index in [9.17, 15) is 28.8 Å². The van der Waals surface area contributed by atoms with Crippen LogP contribution in [-0.2, 0) is 25.6 Å². The van der Waals surface area contributed by atoms with Crippen LogP contribution in [0.25, 0.3) is 0 Å². The van der Waals surface area contributed by atoms with Crippen molar-refractivity contribution in [3.05, 3.63) is 70.8 Å². The predicted molar refractivity (Wildman–Crippen MR) is 201 cm³/mol. The number of nitrogens with one attached hydrogen (secondary N) is 5. The number of halogens is 1. The molecule has 0 aromatic heterocycles. The van der Waals surface area contributed by atoms with E-state index in [1.807, 2.05) is 12.1 Å². The van der Waals surface area contributed by atoms with Crippen LogP contribution in [0, 0.1) is 0 Å². The van der Waals surface area contributed by atoms with Gasteiger partial charge in [0.25, 0.3) is 11.8 Å². The van der Waals surface area contributed by atoms with Crippen molar-refractivity contribution in [2.45, 2.75) is 107 Å². The molecule has 0 bridgehead atoms. The first-order valence-corrected chi connectivity index (χ1v) is 19.1. The van der Waals surface area contributed by atoms with E-state index in [0.717, 1.165) is 44.0 Å². The molecule has 2 heterocycles. The highest BCUT2D eigenvalue weighted by Gasteiger charge is 2.37. The van der Waals surface area contributed by atoms with Crippen molar-refractivity contribution in [1.29, 1.82) is 0 Å². The number of amides is 5. The van der Waals surface area contributed by atoms with E-state index in [0.29, 0.717) is 62.9 Å². The molecule has 5 amide bonds. The summed E-state index contributed by atoms with van der Waals surface area (Å²) in [7, 11) is 1.57. The van der Waals surface area contributed by atoms with Crippen LogP contribution in [0.15, 0.2) is 48.5 Å². The molecule has 1 aliphatic carbocycles. The minimum absolute atomic E-state index is 0.108. The first kappa shape index (κ1) is 39.9. The molecule has 6 atom stereocenters. The highest BCUT2D eigenvalue weighted by atomic mass is 35.5. The van der Waals surface area contributed by atoms with Crippen molar-refractivity contribution in [2.24, 2.45) is 0 Å². The molecule has 2 aromatic carbocycles. The number of rotatable bonds is 15. The van der Waals surface area contributed by atoms with Gasteiger partial charge in [-0.3, -0.25) is 24.0 Å². The van der Waals surface area contributed by atoms with Gasteiger partial charge in [0, 0.05) is 43.9 Å². The summed E-state index contributed by atoms with van der Waals surface area (Å²) >= 11 is 6.08. The number of fused-ring (bicyclic) bond motifs is 1. The maximum absolute atomic E-state index is 14.2. The zero-order valence-electron chi connectivity index (χ0n) is 30.6. The van der Waals surface area contributed by atoms with Gasteiger partial charge in [-0.1, -0.05) is 30.3 Å². The van der Waals surface area contributed by atoms with Gasteiger partial charge in [-0.25, -0.2) is 4.42 Å². The highest BCUT2D eigenvalue weighted by Crippen LogP contribution is 2.30. The summed E-state index contributed by atoms with van der Waals surface area (Å²) in [5, 5.41) is 14.9. The molecule has 0 saturated carbocycles. The number of nitrogens with zero attached hydrogens (tertiary/aromatic N) is 2. The van der Waals surface area contributed by atoms with Crippen molar-refractivity contribution in [2.75, 3.05) is 26.7 Å². The van der Waals surface area contributed by atoms with Gasteiger partial charge in [-0.15, -0.1) is 0 Å². The number of unbranched alkanes of at least 4 members (excludes halogenated alkanes) is 1. The Labute approximate surface area is 316 Å². The lowest BCUT2D eigenvalue weighted by molar-refractivity contribution is -0.145. The number of carbonyl (C=O) groups is 6. The standard InChI is InChI=1S/C39H52ClN7O6/c1-25(46(2)40)35(49)45-33(39(53)47-20-8-6-18-34(47)38(52)44-32-17-10-12-26-11-3-4-15-31(26)32)16-5-7-19-41-36(50)27-13-9-14-28(21-27)37(51)43-29-22-30(24-48)42-23-29/h3-4,9,11,13-15,21,24-25,29-30,32-34,42H,5-8,10,12,16-20,22-23H2,1-2H3,(H,41,50)(H,43,51)(H,44,52)(H,45,49)/t25-,29-,30-,32+,33-,34-/m0/s1. The first-order chi connectivity index (χ1) is 25.5. The molecule has 5 N–H and O–H groups in total. The molecule has 3 aliphatic rings. The molecule has 2 aliphatic heterocycles. The average Bonchev–Trinajstić information content (AvgIpc) is 3.64. The van der Waals surface area contributed by atoms with Gasteiger partial charge in [-0.2, -0.15) is 0 Å². The molecule has 14 heteroatoms. The SMILES string of the molecule is C[C@@H](C(=O)N[C@@H](CCCCNC(=O)c1cccc(C(=O)N[C@@H]2CN[C@H](C=O)C2)c1)C(=O)N1CCCC[C@H]1C(=O)N[C@@H]1CCCc2ccccc21)N(C)Cl. The van der Waals surface area contributed by atoms with Crippen molar-refractivity contribution >= 4 is 47.6 Å². The van der Waals surface area contributed by atoms with Crippen LogP contribution in [0.4, 0.5) is 0 Å². The van der Waals surface area contributed by atoms with Crippen molar-refractivity contribution in [3.8, 4) is 0 Å². The molecule has 13 nitrogen and oxygen atoms in total. The summed E-state index contributed by atoms with van der Waals surface area (Å²) in [5.74, 6) is -1.54. The quantitative estimate of drug-likeness (QED) is 0.105. The van der Waals surface area contributed by atoms with Gasteiger partial charge >= 0.3 is 0 Å². The smallest absolute Gasteiger partial charge is 0.251 e. The molecule has 0 unspecified atom stereocenters. The molecule has 0 spiro atoms. The molecular weight excluding hydrogens is 698 g/mol.